The van der Waals surface area contributed by atoms with Crippen molar-refractivity contribution in [2.24, 2.45) is 5.73 Å². The third kappa shape index (κ3) is 11.7. The molecule has 0 radical (unpaired) electrons. The maximum atomic E-state index is 11.4. The van der Waals surface area contributed by atoms with E-state index in [0.29, 0.717) is 49.8 Å². The first-order chi connectivity index (χ1) is 18.0. The summed E-state index contributed by atoms with van der Waals surface area (Å²) in [6, 6.07) is 6.47. The van der Waals surface area contributed by atoms with E-state index in [1.54, 1.807) is 13.0 Å². The molecule has 214 valence electrons. The molecule has 0 bridgehead atoms. The molecule has 1 aromatic heterocycles. The molecule has 0 spiro atoms. The number of primary amides is 1. The van der Waals surface area contributed by atoms with Gasteiger partial charge in [0.25, 0.3) is 6.47 Å². The summed E-state index contributed by atoms with van der Waals surface area (Å²) in [5, 5.41) is 23.1. The minimum absolute atomic E-state index is 0. The average molecular weight is 769 g/mol. The second-order valence-corrected chi connectivity index (χ2v) is 8.66. The molecule has 1 amide bonds. The van der Waals surface area contributed by atoms with Gasteiger partial charge < -0.3 is 37.8 Å². The quantitative estimate of drug-likeness (QED) is 0.161. The van der Waals surface area contributed by atoms with Crippen molar-refractivity contribution in [3.8, 4) is 17.0 Å². The van der Waals surface area contributed by atoms with Crippen LogP contribution in [0.15, 0.2) is 12.1 Å². The van der Waals surface area contributed by atoms with Gasteiger partial charge in [-0.1, -0.05) is 38.7 Å². The number of anilines is 1. The van der Waals surface area contributed by atoms with Gasteiger partial charge in [-0.2, -0.15) is 17.2 Å². The van der Waals surface area contributed by atoms with Crippen molar-refractivity contribution in [1.82, 2.24) is 10.2 Å². The van der Waals surface area contributed by atoms with Gasteiger partial charge in [-0.3, -0.25) is 4.79 Å². The zero-order chi connectivity index (χ0) is 27.0. The van der Waals surface area contributed by atoms with E-state index in [2.05, 4.69) is 40.2 Å². The minimum atomic E-state index is -0.847. The van der Waals surface area contributed by atoms with Crippen LogP contribution in [0.4, 0.5) is 10.6 Å². The number of phenolic OH excluding ortho intramolecular Hbond substituents is 1. The van der Waals surface area contributed by atoms with Gasteiger partial charge in [-0.25, -0.2) is 4.79 Å². The molecule has 3 rings (SSSR count). The molecule has 0 fully saturated rings. The van der Waals surface area contributed by atoms with Gasteiger partial charge in [-0.15, -0.1) is 16.7 Å². The number of rotatable bonds is 11. The normalized spacial score (nSPS) is 12.6. The molecular weight excluding hydrogens is 726 g/mol. The standard InChI is InChI=1S/C24H33N4O4.C3H6O2.CH3.U/c1-3-5-6-10-17(4-2)26-23-19(15-32-24(25)30)18-11-8-13-31-14-16-9-7-12-20(29)21(16)22(18)27-28-23;1-2-5-3-4;;/h9,12,17,29H,3-6,8,10-11,13-15H2,1-2H3,(H2,25,30)(H,26,28);3H,2H2,1H3;1H3;/q-1;;-1;+2. The fourth-order valence-corrected chi connectivity index (χ4v) is 4.12. The van der Waals surface area contributed by atoms with Gasteiger partial charge >= 0.3 is 37.2 Å². The van der Waals surface area contributed by atoms with Crippen molar-refractivity contribution < 1.29 is 60.0 Å². The molecule has 4 N–H and O–H groups in total. The maximum Gasteiger partial charge on any atom is 2.00 e. The van der Waals surface area contributed by atoms with Crippen LogP contribution >= 0.6 is 0 Å². The third-order valence-electron chi connectivity index (χ3n) is 6.03. The van der Waals surface area contributed by atoms with Crippen molar-refractivity contribution in [2.75, 3.05) is 18.5 Å². The molecule has 1 aliphatic heterocycles. The van der Waals surface area contributed by atoms with Gasteiger partial charge in [0, 0.05) is 30.6 Å². The van der Waals surface area contributed by atoms with Crippen molar-refractivity contribution >= 4 is 18.4 Å². The number of unbranched alkanes of at least 4 members (excludes halogenated alkanes) is 2. The molecule has 0 saturated carbocycles. The minimum Gasteiger partial charge on any atom is -0.565 e. The fraction of sp³-hybridized carbons (Fsp3) is 0.536. The molecule has 0 saturated heterocycles. The van der Waals surface area contributed by atoms with Gasteiger partial charge in [0.1, 0.15) is 6.61 Å². The molecular formula is C28H42N4O6U. The number of nitrogens with one attached hydrogen (secondary N) is 1. The van der Waals surface area contributed by atoms with Crippen LogP contribution in [0.25, 0.3) is 11.3 Å². The van der Waals surface area contributed by atoms with Crippen LogP contribution < -0.4 is 11.1 Å². The molecule has 1 atom stereocenters. The number of carbonyl (C=O) groups excluding carboxylic acids is 2. The summed E-state index contributed by atoms with van der Waals surface area (Å²) in [6.45, 7) is 7.88. The van der Waals surface area contributed by atoms with E-state index in [0.717, 1.165) is 48.8 Å². The number of carbonyl (C=O) groups is 2. The van der Waals surface area contributed by atoms with Crippen LogP contribution in [0.2, 0.25) is 0 Å². The first kappa shape index (κ1) is 36.7. The number of fused-ring (bicyclic) bond motifs is 3. The third-order valence-corrected chi connectivity index (χ3v) is 6.03. The van der Waals surface area contributed by atoms with E-state index in [9.17, 15) is 14.7 Å². The van der Waals surface area contributed by atoms with Crippen LogP contribution in [0, 0.1) is 44.6 Å². The Morgan fingerprint density at radius 3 is 2.67 bits per heavy atom. The number of nitrogens with zero attached hydrogens (tertiary/aromatic N) is 2. The van der Waals surface area contributed by atoms with Gasteiger partial charge in [0.2, 0.25) is 0 Å². The molecule has 10 nitrogen and oxygen atoms in total. The van der Waals surface area contributed by atoms with Crippen LogP contribution in [0.1, 0.15) is 76.0 Å². The van der Waals surface area contributed by atoms with Crippen molar-refractivity contribution in [2.45, 2.75) is 85.0 Å². The number of aromatic hydroxyl groups is 1. The molecule has 1 aromatic carbocycles. The number of benzene rings is 1. The Labute approximate surface area is 256 Å². The Bertz CT molecular complexity index is 1010. The summed E-state index contributed by atoms with van der Waals surface area (Å²) in [5.74, 6) is 0.661. The number of ether oxygens (including phenoxy) is 3. The van der Waals surface area contributed by atoms with Gasteiger partial charge in [0.05, 0.1) is 12.3 Å². The summed E-state index contributed by atoms with van der Waals surface area (Å²) >= 11 is 0. The SMILES string of the molecule is CCCCCC(CC)Nc1nnc2c(c1COC(N)=O)CCCOCc1c[c-]cc(O)c1-2.CCOC=O.[CH3-].[U+2]. The fourth-order valence-electron chi connectivity index (χ4n) is 4.12. The summed E-state index contributed by atoms with van der Waals surface area (Å²) in [6.07, 6.45) is 5.98. The average Bonchev–Trinajstić information content (AvgIpc) is 2.97. The zero-order valence-corrected chi connectivity index (χ0v) is 27.7. The first-order valence-corrected chi connectivity index (χ1v) is 12.9. The Balaban J connectivity index is 0.00000189. The molecule has 1 unspecified atom stereocenters. The Morgan fingerprint density at radius 1 is 1.28 bits per heavy atom. The summed E-state index contributed by atoms with van der Waals surface area (Å²) in [5.41, 5.74) is 8.83. The van der Waals surface area contributed by atoms with E-state index in [-0.39, 0.29) is 56.9 Å². The molecule has 2 aromatic rings. The molecule has 2 heterocycles. The molecule has 39 heavy (non-hydrogen) atoms. The Morgan fingerprint density at radius 2 is 2.05 bits per heavy atom. The van der Waals surface area contributed by atoms with Crippen LogP contribution in [-0.4, -0.2) is 47.1 Å². The number of hydrogen-bond donors (Lipinski definition) is 3. The number of amides is 1. The second kappa shape index (κ2) is 20.5. The summed E-state index contributed by atoms with van der Waals surface area (Å²) in [4.78, 5) is 20.6. The van der Waals surface area contributed by atoms with Crippen LogP contribution in [0.3, 0.4) is 0 Å². The number of hydrogen-bond acceptors (Lipinski definition) is 9. The zero-order valence-electron chi connectivity index (χ0n) is 23.5. The number of nitrogens with two attached hydrogens (primary N) is 1. The summed E-state index contributed by atoms with van der Waals surface area (Å²) < 4.78 is 15.1. The van der Waals surface area contributed by atoms with Gasteiger partial charge in [0.15, 0.2) is 5.82 Å². The van der Waals surface area contributed by atoms with Crippen molar-refractivity contribution in [3.05, 3.63) is 42.3 Å². The maximum absolute atomic E-state index is 11.4. The predicted molar refractivity (Wildman–Crippen MR) is 146 cm³/mol. The first-order valence-electron chi connectivity index (χ1n) is 12.9. The van der Waals surface area contributed by atoms with Crippen LogP contribution in [-0.2, 0) is 38.6 Å². The molecule has 11 heteroatoms. The molecule has 1 aliphatic rings. The largest absolute Gasteiger partial charge is 2.00 e. The Kier molecular flexibility index (Phi) is 19.3. The topological polar surface area (TPSA) is 146 Å². The Hall–Kier alpha value is -2.35. The second-order valence-electron chi connectivity index (χ2n) is 8.66. The van der Waals surface area contributed by atoms with Crippen molar-refractivity contribution in [3.63, 3.8) is 0 Å². The van der Waals surface area contributed by atoms with E-state index < -0.39 is 6.09 Å². The monoisotopic (exact) mass is 768 g/mol. The van der Waals surface area contributed by atoms with E-state index >= 15 is 0 Å². The molecule has 0 aliphatic carbocycles. The predicted octanol–water partition coefficient (Wildman–Crippen LogP) is 5.11. The van der Waals surface area contributed by atoms with Crippen LogP contribution in [0.5, 0.6) is 5.75 Å². The van der Waals surface area contributed by atoms with E-state index in [1.165, 1.54) is 12.5 Å². The van der Waals surface area contributed by atoms with E-state index in [1.807, 2.05) is 0 Å². The van der Waals surface area contributed by atoms with E-state index in [4.69, 9.17) is 15.2 Å². The summed E-state index contributed by atoms with van der Waals surface area (Å²) in [7, 11) is 0. The number of aromatic nitrogens is 2. The van der Waals surface area contributed by atoms with Gasteiger partial charge in [-0.05, 0) is 38.2 Å². The smallest absolute Gasteiger partial charge is 0.565 e. The van der Waals surface area contributed by atoms with Crippen molar-refractivity contribution in [1.29, 1.82) is 0 Å². The number of phenols is 1.